The number of hydrogen-bond acceptors (Lipinski definition) is 9. The average molecular weight is 703 g/mol. The smallest absolute Gasteiger partial charge is 0.367 e. The number of piperazine rings is 1. The Balaban J connectivity index is 1.10. The fourth-order valence-corrected chi connectivity index (χ4v) is 8.92. The van der Waals surface area contributed by atoms with Crippen molar-refractivity contribution in [3.8, 4) is 6.07 Å². The second-order valence-electron chi connectivity index (χ2n) is 12.9. The molecule has 0 saturated carbocycles. The SMILES string of the molecule is CCC(Cn1c(C#N)cc2c(C)c(CN3CCC(Nc4ncnc5sc(CC(F)(F)F)cc45)CC3)ccc21)N1CCN(S(C)(=O)=O)CC1. The van der Waals surface area contributed by atoms with E-state index in [0.29, 0.717) is 54.5 Å². The topological polar surface area (TPSA) is 110 Å². The maximum atomic E-state index is 13.0. The molecular formula is C33H41F3N8O2S2. The van der Waals surface area contributed by atoms with Gasteiger partial charge in [0.1, 0.15) is 28.7 Å². The van der Waals surface area contributed by atoms with E-state index in [1.807, 2.05) is 6.07 Å². The Hall–Kier alpha value is -3.29. The summed E-state index contributed by atoms with van der Waals surface area (Å²) >= 11 is 1.06. The van der Waals surface area contributed by atoms with Crippen LogP contribution in [0.25, 0.3) is 21.1 Å². The van der Waals surface area contributed by atoms with Gasteiger partial charge in [-0.15, -0.1) is 11.3 Å². The lowest BCUT2D eigenvalue weighted by Gasteiger charge is -2.38. The number of anilines is 1. The summed E-state index contributed by atoms with van der Waals surface area (Å²) in [6.45, 7) is 9.72. The largest absolute Gasteiger partial charge is 0.393 e. The molecule has 0 bridgehead atoms. The van der Waals surface area contributed by atoms with Crippen molar-refractivity contribution in [1.82, 2.24) is 28.6 Å². The zero-order valence-corrected chi connectivity index (χ0v) is 29.1. The Morgan fingerprint density at radius 1 is 1.08 bits per heavy atom. The zero-order chi connectivity index (χ0) is 34.2. The molecule has 258 valence electrons. The fourth-order valence-electron chi connectivity index (χ4n) is 7.07. The summed E-state index contributed by atoms with van der Waals surface area (Å²) in [5.41, 5.74) is 4.04. The highest BCUT2D eigenvalue weighted by Crippen LogP contribution is 2.34. The molecule has 10 nitrogen and oxygen atoms in total. The number of aryl methyl sites for hydroxylation is 1. The van der Waals surface area contributed by atoms with Crippen LogP contribution in [0.3, 0.4) is 0 Å². The van der Waals surface area contributed by atoms with Gasteiger partial charge < -0.3 is 9.88 Å². The second kappa shape index (κ2) is 13.9. The molecule has 0 radical (unpaired) electrons. The van der Waals surface area contributed by atoms with Gasteiger partial charge in [-0.2, -0.15) is 22.7 Å². The molecule has 15 heteroatoms. The molecule has 6 rings (SSSR count). The van der Waals surface area contributed by atoms with Crippen molar-refractivity contribution < 1.29 is 21.6 Å². The minimum absolute atomic E-state index is 0.155. The summed E-state index contributed by atoms with van der Waals surface area (Å²) in [7, 11) is -3.20. The highest BCUT2D eigenvalue weighted by molar-refractivity contribution is 7.88. The number of thiophene rings is 1. The fraction of sp³-hybridized carbons (Fsp3) is 0.545. The molecule has 5 heterocycles. The summed E-state index contributed by atoms with van der Waals surface area (Å²) in [4.78, 5) is 14.1. The van der Waals surface area contributed by atoms with Crippen LogP contribution >= 0.6 is 11.3 Å². The van der Waals surface area contributed by atoms with Crippen molar-refractivity contribution >= 4 is 48.3 Å². The number of nitrogens with one attached hydrogen (secondary N) is 1. The molecule has 1 atom stereocenters. The van der Waals surface area contributed by atoms with Crippen molar-refractivity contribution in [3.63, 3.8) is 0 Å². The van der Waals surface area contributed by atoms with Crippen LogP contribution in [0.4, 0.5) is 19.0 Å². The number of fused-ring (bicyclic) bond motifs is 2. The van der Waals surface area contributed by atoms with Crippen molar-refractivity contribution in [3.05, 3.63) is 52.3 Å². The minimum atomic E-state index is -4.27. The van der Waals surface area contributed by atoms with E-state index in [0.717, 1.165) is 66.7 Å². The van der Waals surface area contributed by atoms with Gasteiger partial charge >= 0.3 is 6.18 Å². The summed E-state index contributed by atoms with van der Waals surface area (Å²) < 4.78 is 66.5. The van der Waals surface area contributed by atoms with Crippen molar-refractivity contribution in [2.24, 2.45) is 0 Å². The number of sulfonamides is 1. The lowest BCUT2D eigenvalue weighted by molar-refractivity contribution is -0.126. The molecule has 0 aliphatic carbocycles. The van der Waals surface area contributed by atoms with Gasteiger partial charge in [0.15, 0.2) is 0 Å². The number of hydrogen-bond donors (Lipinski definition) is 1. The number of halogens is 3. The predicted molar refractivity (Wildman–Crippen MR) is 183 cm³/mol. The molecule has 1 unspecified atom stereocenters. The van der Waals surface area contributed by atoms with Gasteiger partial charge in [-0.05, 0) is 55.5 Å². The first kappa shape index (κ1) is 34.6. The molecule has 1 aromatic carbocycles. The zero-order valence-electron chi connectivity index (χ0n) is 27.4. The molecular weight excluding hydrogens is 662 g/mol. The number of nitriles is 1. The van der Waals surface area contributed by atoms with Gasteiger partial charge in [0, 0.05) is 80.2 Å². The Kier molecular flexibility index (Phi) is 10.0. The van der Waals surface area contributed by atoms with Crippen LogP contribution in [0.15, 0.2) is 30.6 Å². The Bertz CT molecular complexity index is 1920. The summed E-state index contributed by atoms with van der Waals surface area (Å²) in [6, 6.07) is 10.6. The number of aromatic nitrogens is 3. The number of piperidine rings is 1. The Labute approximate surface area is 283 Å². The molecule has 2 aliphatic rings. The first-order valence-electron chi connectivity index (χ1n) is 16.3. The highest BCUT2D eigenvalue weighted by atomic mass is 32.2. The number of alkyl halides is 3. The molecule has 0 spiro atoms. The molecule has 0 amide bonds. The molecule has 4 aromatic rings. The third-order valence-corrected chi connectivity index (χ3v) is 12.1. The standard InChI is InChI=1S/C33H41F3N8O2S2/c1-4-25(42-11-13-43(14-12-42)48(3,45)46)20-44-26(18-37)15-28-22(2)23(5-6-30(28)44)19-41-9-7-24(8-10-41)40-31-29-16-27(17-33(34,35)36)47-32(29)39-21-38-31/h5-6,15-16,21,24-25H,4,7-14,17,19-20H2,1-3H3,(H,38,39,40). The van der Waals surface area contributed by atoms with E-state index in [1.54, 1.807) is 6.07 Å². The number of nitrogens with zero attached hydrogens (tertiary/aromatic N) is 7. The minimum Gasteiger partial charge on any atom is -0.367 e. The molecule has 2 fully saturated rings. The lowest BCUT2D eigenvalue weighted by atomic mass is 10.0. The van der Waals surface area contributed by atoms with Gasteiger partial charge in [-0.25, -0.2) is 18.4 Å². The summed E-state index contributed by atoms with van der Waals surface area (Å²) in [5.74, 6) is 0.587. The van der Waals surface area contributed by atoms with E-state index in [1.165, 1.54) is 22.5 Å². The Morgan fingerprint density at radius 3 is 2.46 bits per heavy atom. The van der Waals surface area contributed by atoms with Gasteiger partial charge in [-0.1, -0.05) is 13.0 Å². The highest BCUT2D eigenvalue weighted by Gasteiger charge is 2.30. The van der Waals surface area contributed by atoms with E-state index in [9.17, 15) is 26.9 Å². The molecule has 48 heavy (non-hydrogen) atoms. The van der Waals surface area contributed by atoms with Crippen LogP contribution in [0.5, 0.6) is 0 Å². The van der Waals surface area contributed by atoms with Gasteiger partial charge in [0.05, 0.1) is 18.1 Å². The molecule has 2 saturated heterocycles. The van der Waals surface area contributed by atoms with Crippen LogP contribution in [0.1, 0.15) is 47.9 Å². The van der Waals surface area contributed by atoms with Crippen LogP contribution in [0.2, 0.25) is 0 Å². The Morgan fingerprint density at radius 2 is 1.81 bits per heavy atom. The third kappa shape index (κ3) is 7.63. The van der Waals surface area contributed by atoms with Crippen molar-refractivity contribution in [2.45, 2.75) is 70.9 Å². The first-order valence-corrected chi connectivity index (χ1v) is 19.0. The maximum Gasteiger partial charge on any atom is 0.393 e. The van der Waals surface area contributed by atoms with Crippen molar-refractivity contribution in [1.29, 1.82) is 5.26 Å². The first-order chi connectivity index (χ1) is 22.8. The van der Waals surface area contributed by atoms with Crippen molar-refractivity contribution in [2.75, 3.05) is 50.8 Å². The number of rotatable bonds is 10. The van der Waals surface area contributed by atoms with Crippen LogP contribution in [-0.2, 0) is 29.5 Å². The van der Waals surface area contributed by atoms with Gasteiger partial charge in [0.25, 0.3) is 0 Å². The lowest BCUT2D eigenvalue weighted by Crippen LogP contribution is -2.52. The number of benzene rings is 1. The maximum absolute atomic E-state index is 13.0. The monoisotopic (exact) mass is 702 g/mol. The van der Waals surface area contributed by atoms with Crippen LogP contribution < -0.4 is 5.32 Å². The molecule has 3 aromatic heterocycles. The third-order valence-electron chi connectivity index (χ3n) is 9.78. The van der Waals surface area contributed by atoms with Crippen LogP contribution in [-0.4, -0.2) is 101 Å². The van der Waals surface area contributed by atoms with E-state index < -0.39 is 22.6 Å². The predicted octanol–water partition coefficient (Wildman–Crippen LogP) is 5.36. The van der Waals surface area contributed by atoms with Gasteiger partial charge in [-0.3, -0.25) is 9.80 Å². The average Bonchev–Trinajstić information content (AvgIpc) is 3.62. The molecule has 1 N–H and O–H groups in total. The van der Waals surface area contributed by atoms with E-state index in [2.05, 4.69) is 61.7 Å². The molecule has 2 aliphatic heterocycles. The van der Waals surface area contributed by atoms with E-state index in [-0.39, 0.29) is 17.0 Å². The quantitative estimate of drug-likeness (QED) is 0.235. The number of likely N-dealkylation sites (tertiary alicyclic amines) is 1. The summed E-state index contributed by atoms with van der Waals surface area (Å²) in [6.07, 6.45) is 0.0658. The van der Waals surface area contributed by atoms with E-state index >= 15 is 0 Å². The van der Waals surface area contributed by atoms with Gasteiger partial charge in [0.2, 0.25) is 10.0 Å². The normalized spacial score (nSPS) is 18.4. The summed E-state index contributed by atoms with van der Waals surface area (Å²) in [5, 5.41) is 15.3. The van der Waals surface area contributed by atoms with Crippen LogP contribution in [0, 0.1) is 18.3 Å². The second-order valence-corrected chi connectivity index (χ2v) is 16.0. The van der Waals surface area contributed by atoms with E-state index in [4.69, 9.17) is 0 Å².